The minimum absolute atomic E-state index is 0.240. The van der Waals surface area contributed by atoms with Crippen LogP contribution in [0.15, 0.2) is 42.5 Å². The van der Waals surface area contributed by atoms with E-state index >= 15 is 0 Å². The standard InChI is InChI=1S/C17H22O2/c18-17(19-14-16-11-2-1-3-12-16)13-7-6-10-15-8-4-5-9-15/h1-3,7,11-13,15H,4-6,8-10,14H2/b13-7+. The van der Waals surface area contributed by atoms with Gasteiger partial charge in [0.15, 0.2) is 0 Å². The molecule has 1 aliphatic rings. The average Bonchev–Trinajstić information content (AvgIpc) is 2.96. The lowest BCUT2D eigenvalue weighted by Gasteiger charge is -2.05. The van der Waals surface area contributed by atoms with E-state index in [1.165, 1.54) is 32.1 Å². The van der Waals surface area contributed by atoms with Crippen LogP contribution in [-0.4, -0.2) is 5.97 Å². The summed E-state index contributed by atoms with van der Waals surface area (Å²) in [5.74, 6) is 0.639. The Bertz CT molecular complexity index is 403. The predicted octanol–water partition coefficient (Wildman–Crippen LogP) is 4.26. The molecular formula is C17H22O2. The van der Waals surface area contributed by atoms with Gasteiger partial charge in [-0.25, -0.2) is 4.79 Å². The van der Waals surface area contributed by atoms with Crippen molar-refractivity contribution in [2.24, 2.45) is 5.92 Å². The van der Waals surface area contributed by atoms with Gasteiger partial charge in [-0.1, -0.05) is 62.1 Å². The maximum atomic E-state index is 11.5. The van der Waals surface area contributed by atoms with Crippen molar-refractivity contribution in [3.63, 3.8) is 0 Å². The summed E-state index contributed by atoms with van der Waals surface area (Å²) in [5, 5.41) is 0. The number of esters is 1. The zero-order chi connectivity index (χ0) is 13.3. The van der Waals surface area contributed by atoms with Gasteiger partial charge in [-0.2, -0.15) is 0 Å². The van der Waals surface area contributed by atoms with Crippen molar-refractivity contribution in [1.29, 1.82) is 0 Å². The number of benzene rings is 1. The fourth-order valence-electron chi connectivity index (χ4n) is 2.59. The van der Waals surface area contributed by atoms with Crippen LogP contribution in [0.4, 0.5) is 0 Å². The van der Waals surface area contributed by atoms with E-state index < -0.39 is 0 Å². The molecule has 1 aliphatic carbocycles. The molecule has 0 spiro atoms. The van der Waals surface area contributed by atoms with E-state index in [1.807, 2.05) is 36.4 Å². The Labute approximate surface area is 115 Å². The summed E-state index contributed by atoms with van der Waals surface area (Å²) >= 11 is 0. The molecule has 1 aromatic rings. The van der Waals surface area contributed by atoms with Crippen LogP contribution in [0.2, 0.25) is 0 Å². The second-order valence-corrected chi connectivity index (χ2v) is 5.22. The lowest BCUT2D eigenvalue weighted by molar-refractivity contribution is -0.139. The quantitative estimate of drug-likeness (QED) is 0.563. The molecule has 0 amide bonds. The van der Waals surface area contributed by atoms with E-state index in [2.05, 4.69) is 0 Å². The molecule has 0 N–H and O–H groups in total. The Balaban J connectivity index is 1.61. The van der Waals surface area contributed by atoms with Gasteiger partial charge in [0.2, 0.25) is 0 Å². The molecule has 0 atom stereocenters. The SMILES string of the molecule is O=C(/C=C/CCC1CCCC1)OCc1ccccc1. The van der Waals surface area contributed by atoms with Crippen LogP contribution in [0.3, 0.4) is 0 Å². The number of rotatable bonds is 6. The molecule has 0 aromatic heterocycles. The first-order valence-corrected chi connectivity index (χ1v) is 7.22. The third kappa shape index (κ3) is 5.29. The highest BCUT2D eigenvalue weighted by molar-refractivity contribution is 5.81. The van der Waals surface area contributed by atoms with Crippen molar-refractivity contribution in [3.8, 4) is 0 Å². The zero-order valence-corrected chi connectivity index (χ0v) is 11.4. The van der Waals surface area contributed by atoms with Crippen LogP contribution in [0.25, 0.3) is 0 Å². The summed E-state index contributed by atoms with van der Waals surface area (Å²) < 4.78 is 5.17. The molecule has 0 saturated heterocycles. The third-order valence-electron chi connectivity index (χ3n) is 3.69. The van der Waals surface area contributed by atoms with Gasteiger partial charge in [0, 0.05) is 6.08 Å². The largest absolute Gasteiger partial charge is 0.458 e. The van der Waals surface area contributed by atoms with Gasteiger partial charge in [-0.15, -0.1) is 0 Å². The van der Waals surface area contributed by atoms with Crippen molar-refractivity contribution < 1.29 is 9.53 Å². The van der Waals surface area contributed by atoms with Gasteiger partial charge in [0.25, 0.3) is 0 Å². The molecule has 2 heteroatoms. The molecule has 2 rings (SSSR count). The monoisotopic (exact) mass is 258 g/mol. The molecule has 1 aromatic carbocycles. The Morgan fingerprint density at radius 2 is 1.95 bits per heavy atom. The molecule has 0 bridgehead atoms. The first-order valence-electron chi connectivity index (χ1n) is 7.22. The number of carbonyl (C=O) groups is 1. The third-order valence-corrected chi connectivity index (χ3v) is 3.69. The molecule has 1 saturated carbocycles. The summed E-state index contributed by atoms with van der Waals surface area (Å²) in [7, 11) is 0. The summed E-state index contributed by atoms with van der Waals surface area (Å²) in [6.07, 6.45) is 11.2. The highest BCUT2D eigenvalue weighted by Gasteiger charge is 2.13. The summed E-state index contributed by atoms with van der Waals surface area (Å²) in [4.78, 5) is 11.5. The minimum atomic E-state index is -0.240. The maximum absolute atomic E-state index is 11.5. The van der Waals surface area contributed by atoms with Crippen LogP contribution >= 0.6 is 0 Å². The van der Waals surface area contributed by atoms with Crippen molar-refractivity contribution in [2.45, 2.75) is 45.1 Å². The number of hydrogen-bond donors (Lipinski definition) is 0. The highest BCUT2D eigenvalue weighted by Crippen LogP contribution is 2.28. The second-order valence-electron chi connectivity index (χ2n) is 5.22. The van der Waals surface area contributed by atoms with E-state index in [-0.39, 0.29) is 5.97 Å². The molecular weight excluding hydrogens is 236 g/mol. The normalized spacial score (nSPS) is 16.0. The van der Waals surface area contributed by atoms with Crippen molar-refractivity contribution >= 4 is 5.97 Å². The molecule has 19 heavy (non-hydrogen) atoms. The highest BCUT2D eigenvalue weighted by atomic mass is 16.5. The summed E-state index contributed by atoms with van der Waals surface area (Å²) in [5.41, 5.74) is 1.02. The van der Waals surface area contributed by atoms with E-state index in [0.29, 0.717) is 6.61 Å². The summed E-state index contributed by atoms with van der Waals surface area (Å²) in [6, 6.07) is 9.75. The van der Waals surface area contributed by atoms with E-state index in [1.54, 1.807) is 6.08 Å². The molecule has 2 nitrogen and oxygen atoms in total. The van der Waals surface area contributed by atoms with Gasteiger partial charge < -0.3 is 4.74 Å². The molecule has 1 fully saturated rings. The van der Waals surface area contributed by atoms with Crippen molar-refractivity contribution in [1.82, 2.24) is 0 Å². The topological polar surface area (TPSA) is 26.3 Å². The predicted molar refractivity (Wildman–Crippen MR) is 76.6 cm³/mol. The fourth-order valence-corrected chi connectivity index (χ4v) is 2.59. The average molecular weight is 258 g/mol. The Kier molecular flexibility index (Phi) is 5.67. The lowest BCUT2D eigenvalue weighted by Crippen LogP contribution is -2.00. The number of carbonyl (C=O) groups excluding carboxylic acids is 1. The molecule has 0 unspecified atom stereocenters. The Morgan fingerprint density at radius 3 is 2.68 bits per heavy atom. The van der Waals surface area contributed by atoms with Gasteiger partial charge in [-0.3, -0.25) is 0 Å². The molecule has 0 aliphatic heterocycles. The van der Waals surface area contributed by atoms with Gasteiger partial charge in [0.05, 0.1) is 0 Å². The first kappa shape index (κ1) is 13.9. The number of ether oxygens (including phenoxy) is 1. The van der Waals surface area contributed by atoms with Crippen LogP contribution < -0.4 is 0 Å². The fraction of sp³-hybridized carbons (Fsp3) is 0.471. The van der Waals surface area contributed by atoms with Crippen LogP contribution in [0, 0.1) is 5.92 Å². The zero-order valence-electron chi connectivity index (χ0n) is 11.4. The molecule has 102 valence electrons. The van der Waals surface area contributed by atoms with Crippen LogP contribution in [-0.2, 0) is 16.1 Å². The number of hydrogen-bond acceptors (Lipinski definition) is 2. The van der Waals surface area contributed by atoms with E-state index in [9.17, 15) is 4.79 Å². The minimum Gasteiger partial charge on any atom is -0.458 e. The maximum Gasteiger partial charge on any atom is 0.330 e. The van der Waals surface area contributed by atoms with Gasteiger partial charge in [-0.05, 0) is 24.3 Å². The smallest absolute Gasteiger partial charge is 0.330 e. The number of allylic oxidation sites excluding steroid dienone is 1. The van der Waals surface area contributed by atoms with Crippen LogP contribution in [0.5, 0.6) is 0 Å². The second kappa shape index (κ2) is 7.78. The Morgan fingerprint density at radius 1 is 1.21 bits per heavy atom. The molecule has 0 heterocycles. The summed E-state index contributed by atoms with van der Waals surface area (Å²) in [6.45, 7) is 0.354. The van der Waals surface area contributed by atoms with Crippen molar-refractivity contribution in [3.05, 3.63) is 48.0 Å². The lowest BCUT2D eigenvalue weighted by atomic mass is 10.0. The van der Waals surface area contributed by atoms with Crippen LogP contribution in [0.1, 0.15) is 44.1 Å². The van der Waals surface area contributed by atoms with Gasteiger partial charge >= 0.3 is 5.97 Å². The van der Waals surface area contributed by atoms with E-state index in [4.69, 9.17) is 4.74 Å². The van der Waals surface area contributed by atoms with E-state index in [0.717, 1.165) is 17.9 Å². The molecule has 0 radical (unpaired) electrons. The Hall–Kier alpha value is -1.57. The van der Waals surface area contributed by atoms with Gasteiger partial charge in [0.1, 0.15) is 6.61 Å². The first-order chi connectivity index (χ1) is 9.34. The van der Waals surface area contributed by atoms with Crippen molar-refractivity contribution in [2.75, 3.05) is 0 Å².